The van der Waals surface area contributed by atoms with Crippen molar-refractivity contribution in [1.82, 2.24) is 19.9 Å². The van der Waals surface area contributed by atoms with Crippen LogP contribution in [0.15, 0.2) is 35.3 Å². The van der Waals surface area contributed by atoms with Crippen molar-refractivity contribution in [2.45, 2.75) is 19.4 Å². The zero-order valence-electron chi connectivity index (χ0n) is 13.0. The second kappa shape index (κ2) is 5.86. The molecule has 24 heavy (non-hydrogen) atoms. The highest BCUT2D eigenvalue weighted by Crippen LogP contribution is 2.28. The zero-order chi connectivity index (χ0) is 16.7. The van der Waals surface area contributed by atoms with Gasteiger partial charge in [0.25, 0.3) is 0 Å². The Labute approximate surface area is 146 Å². The van der Waals surface area contributed by atoms with Gasteiger partial charge in [-0.05, 0) is 37.1 Å². The number of hydrogen-bond donors (Lipinski definition) is 2. The Morgan fingerprint density at radius 1 is 1.33 bits per heavy atom. The van der Waals surface area contributed by atoms with Gasteiger partial charge in [0.15, 0.2) is 11.5 Å². The van der Waals surface area contributed by atoms with E-state index < -0.39 is 0 Å². The summed E-state index contributed by atoms with van der Waals surface area (Å²) in [6.45, 7) is 2.69. The van der Waals surface area contributed by atoms with Crippen molar-refractivity contribution in [1.29, 1.82) is 0 Å². The van der Waals surface area contributed by atoms with Crippen LogP contribution in [0.3, 0.4) is 0 Å². The summed E-state index contributed by atoms with van der Waals surface area (Å²) in [4.78, 5) is 30.0. The van der Waals surface area contributed by atoms with E-state index in [1.165, 1.54) is 6.33 Å². The summed E-state index contributed by atoms with van der Waals surface area (Å²) in [5.41, 5.74) is 3.31. The maximum atomic E-state index is 12.8. The molecule has 1 saturated heterocycles. The van der Waals surface area contributed by atoms with Gasteiger partial charge in [0.2, 0.25) is 5.91 Å². The standard InChI is InChI=1S/C16H15BrN6O/c1-9-6-10(2-3-11(9)17)23-5-4-12(16(23)24)22-15-13-14(19-7-18-13)20-8-21-15/h2-3,6-8,12H,4-5H2,1H3,(H2,18,19,20,21,22). The topological polar surface area (TPSA) is 86.8 Å². The fraction of sp³-hybridized carbons (Fsp3) is 0.250. The number of nitrogens with one attached hydrogen (secondary N) is 2. The number of carbonyl (C=O) groups excluding carboxylic acids is 1. The quantitative estimate of drug-likeness (QED) is 0.722. The highest BCUT2D eigenvalue weighted by atomic mass is 79.9. The number of halogens is 1. The number of imidazole rings is 1. The van der Waals surface area contributed by atoms with Gasteiger partial charge in [-0.25, -0.2) is 15.0 Å². The van der Waals surface area contributed by atoms with Crippen LogP contribution in [-0.4, -0.2) is 38.4 Å². The maximum absolute atomic E-state index is 12.8. The predicted molar refractivity (Wildman–Crippen MR) is 94.9 cm³/mol. The molecule has 3 aromatic rings. The summed E-state index contributed by atoms with van der Waals surface area (Å²) in [6, 6.07) is 5.63. The molecule has 1 fully saturated rings. The normalized spacial score (nSPS) is 17.7. The summed E-state index contributed by atoms with van der Waals surface area (Å²) in [7, 11) is 0. The minimum atomic E-state index is -0.310. The van der Waals surface area contributed by atoms with E-state index in [0.717, 1.165) is 15.7 Å². The van der Waals surface area contributed by atoms with Crippen LogP contribution in [0.2, 0.25) is 0 Å². The molecule has 4 rings (SSSR count). The van der Waals surface area contributed by atoms with Gasteiger partial charge in [0, 0.05) is 16.7 Å². The molecule has 7 nitrogen and oxygen atoms in total. The Bertz CT molecular complexity index is 924. The van der Waals surface area contributed by atoms with Gasteiger partial charge < -0.3 is 15.2 Å². The number of amides is 1. The smallest absolute Gasteiger partial charge is 0.249 e. The first kappa shape index (κ1) is 15.1. The molecule has 1 aliphatic rings. The number of benzene rings is 1. The van der Waals surface area contributed by atoms with Crippen molar-refractivity contribution < 1.29 is 4.79 Å². The van der Waals surface area contributed by atoms with Crippen molar-refractivity contribution in [3.05, 3.63) is 40.9 Å². The van der Waals surface area contributed by atoms with Crippen LogP contribution >= 0.6 is 15.9 Å². The van der Waals surface area contributed by atoms with E-state index in [1.54, 1.807) is 6.33 Å². The number of aryl methyl sites for hydroxylation is 1. The van der Waals surface area contributed by atoms with Gasteiger partial charge in [0.1, 0.15) is 17.9 Å². The highest BCUT2D eigenvalue weighted by Gasteiger charge is 2.33. The Morgan fingerprint density at radius 3 is 3.04 bits per heavy atom. The Hall–Kier alpha value is -2.48. The van der Waals surface area contributed by atoms with Gasteiger partial charge in [-0.1, -0.05) is 15.9 Å². The number of anilines is 2. The number of carbonyl (C=O) groups is 1. The van der Waals surface area contributed by atoms with Crippen molar-refractivity contribution in [2.75, 3.05) is 16.8 Å². The summed E-state index contributed by atoms with van der Waals surface area (Å²) >= 11 is 3.49. The van der Waals surface area contributed by atoms with Crippen molar-refractivity contribution >= 4 is 44.5 Å². The molecule has 0 spiro atoms. The second-order valence-electron chi connectivity index (χ2n) is 5.73. The van der Waals surface area contributed by atoms with E-state index in [4.69, 9.17) is 0 Å². The molecule has 1 unspecified atom stereocenters. The first-order valence-corrected chi connectivity index (χ1v) is 8.41. The van der Waals surface area contributed by atoms with Crippen molar-refractivity contribution in [2.24, 2.45) is 0 Å². The van der Waals surface area contributed by atoms with E-state index in [-0.39, 0.29) is 11.9 Å². The fourth-order valence-electron chi connectivity index (χ4n) is 2.91. The third-order valence-corrected chi connectivity index (χ3v) is 5.08. The van der Waals surface area contributed by atoms with E-state index in [0.29, 0.717) is 29.9 Å². The highest BCUT2D eigenvalue weighted by molar-refractivity contribution is 9.10. The molecule has 1 aliphatic heterocycles. The molecule has 2 N–H and O–H groups in total. The van der Waals surface area contributed by atoms with Crippen molar-refractivity contribution in [3.63, 3.8) is 0 Å². The molecule has 8 heteroatoms. The number of aromatic amines is 1. The average molecular weight is 387 g/mol. The molecular weight excluding hydrogens is 372 g/mol. The van der Waals surface area contributed by atoms with E-state index in [9.17, 15) is 4.79 Å². The molecule has 1 atom stereocenters. The van der Waals surface area contributed by atoms with Crippen molar-refractivity contribution in [3.8, 4) is 0 Å². The zero-order valence-corrected chi connectivity index (χ0v) is 14.5. The number of fused-ring (bicyclic) bond motifs is 1. The first-order valence-electron chi connectivity index (χ1n) is 7.61. The van der Waals surface area contributed by atoms with Crippen LogP contribution in [0.1, 0.15) is 12.0 Å². The number of H-pyrrole nitrogens is 1. The van der Waals surface area contributed by atoms with Crippen LogP contribution in [0.4, 0.5) is 11.5 Å². The molecule has 1 aromatic carbocycles. The first-order chi connectivity index (χ1) is 11.6. The second-order valence-corrected chi connectivity index (χ2v) is 6.59. The van der Waals surface area contributed by atoms with Crippen LogP contribution in [0.25, 0.3) is 11.2 Å². The number of rotatable bonds is 3. The lowest BCUT2D eigenvalue weighted by Crippen LogP contribution is -2.33. The molecule has 1 amide bonds. The lowest BCUT2D eigenvalue weighted by Gasteiger charge is -2.18. The molecule has 0 aliphatic carbocycles. The molecule has 3 heterocycles. The van der Waals surface area contributed by atoms with E-state index in [2.05, 4.69) is 41.2 Å². The minimum Gasteiger partial charge on any atom is -0.356 e. The molecule has 122 valence electrons. The van der Waals surface area contributed by atoms with Gasteiger partial charge in [-0.3, -0.25) is 4.79 Å². The van der Waals surface area contributed by atoms with Gasteiger partial charge in [-0.2, -0.15) is 0 Å². The summed E-state index contributed by atoms with van der Waals surface area (Å²) in [6.07, 6.45) is 3.73. The van der Waals surface area contributed by atoms with E-state index in [1.807, 2.05) is 30.0 Å². The number of aromatic nitrogens is 4. The summed E-state index contributed by atoms with van der Waals surface area (Å²) < 4.78 is 1.04. The third-order valence-electron chi connectivity index (χ3n) is 4.19. The molecule has 0 saturated carbocycles. The maximum Gasteiger partial charge on any atom is 0.249 e. The SMILES string of the molecule is Cc1cc(N2CCC(Nc3ncnc4nc[nH]c34)C2=O)ccc1Br. The Balaban J connectivity index is 1.57. The van der Waals surface area contributed by atoms with E-state index >= 15 is 0 Å². The molecule has 2 aromatic heterocycles. The van der Waals surface area contributed by atoms with Gasteiger partial charge >= 0.3 is 0 Å². The van der Waals surface area contributed by atoms with Crippen LogP contribution in [0, 0.1) is 6.92 Å². The number of nitrogens with zero attached hydrogens (tertiary/aromatic N) is 4. The Kier molecular flexibility index (Phi) is 3.68. The predicted octanol–water partition coefficient (Wildman–Crippen LogP) is 2.64. The summed E-state index contributed by atoms with van der Waals surface area (Å²) in [5.74, 6) is 0.646. The molecular formula is C16H15BrN6O. The van der Waals surface area contributed by atoms with Crippen LogP contribution in [0.5, 0.6) is 0 Å². The monoisotopic (exact) mass is 386 g/mol. The third kappa shape index (κ3) is 2.52. The fourth-order valence-corrected chi connectivity index (χ4v) is 3.15. The largest absolute Gasteiger partial charge is 0.356 e. The lowest BCUT2D eigenvalue weighted by atomic mass is 10.2. The molecule has 0 radical (unpaired) electrons. The van der Waals surface area contributed by atoms with Gasteiger partial charge in [-0.15, -0.1) is 0 Å². The minimum absolute atomic E-state index is 0.0444. The number of hydrogen-bond acceptors (Lipinski definition) is 5. The molecule has 0 bridgehead atoms. The average Bonchev–Trinajstić information content (AvgIpc) is 3.18. The van der Waals surface area contributed by atoms with Gasteiger partial charge in [0.05, 0.1) is 6.33 Å². The van der Waals surface area contributed by atoms with Crippen LogP contribution < -0.4 is 10.2 Å². The lowest BCUT2D eigenvalue weighted by molar-refractivity contribution is -0.117. The Morgan fingerprint density at radius 2 is 2.21 bits per heavy atom. The van der Waals surface area contributed by atoms with Crippen LogP contribution in [-0.2, 0) is 4.79 Å². The summed E-state index contributed by atoms with van der Waals surface area (Å²) in [5, 5.41) is 3.22.